The highest BCUT2D eigenvalue weighted by Gasteiger charge is 2.29. The summed E-state index contributed by atoms with van der Waals surface area (Å²) in [6, 6.07) is 8.04. The quantitative estimate of drug-likeness (QED) is 0.828. The first kappa shape index (κ1) is 16.3. The van der Waals surface area contributed by atoms with Crippen molar-refractivity contribution >= 4 is 10.0 Å². The molecule has 0 unspecified atom stereocenters. The van der Waals surface area contributed by atoms with E-state index >= 15 is 0 Å². The predicted molar refractivity (Wildman–Crippen MR) is 83.9 cm³/mol. The molecule has 0 N–H and O–H groups in total. The number of rotatable bonds is 5. The Kier molecular flexibility index (Phi) is 5.24. The van der Waals surface area contributed by atoms with Gasteiger partial charge in [-0.05, 0) is 19.9 Å². The van der Waals surface area contributed by atoms with Gasteiger partial charge in [0.1, 0.15) is 5.75 Å². The maximum absolute atomic E-state index is 11.7. The summed E-state index contributed by atoms with van der Waals surface area (Å²) in [7, 11) is -3.11. The first-order valence-electron chi connectivity index (χ1n) is 7.31. The summed E-state index contributed by atoms with van der Waals surface area (Å²) in [5.74, 6) is 0.915. The molecule has 1 fully saturated rings. The second-order valence-corrected chi connectivity index (χ2v) is 7.43. The van der Waals surface area contributed by atoms with E-state index in [-0.39, 0.29) is 6.04 Å². The molecule has 1 aliphatic heterocycles. The maximum Gasteiger partial charge on any atom is 0.211 e. The summed E-state index contributed by atoms with van der Waals surface area (Å²) in [5.41, 5.74) is 1.15. The van der Waals surface area contributed by atoms with Crippen LogP contribution in [0.3, 0.4) is 0 Å². The molecular formula is C15H24N2O3S. The molecule has 1 atom stereocenters. The van der Waals surface area contributed by atoms with Gasteiger partial charge >= 0.3 is 0 Å². The zero-order chi connectivity index (χ0) is 15.5. The third kappa shape index (κ3) is 4.18. The van der Waals surface area contributed by atoms with Gasteiger partial charge < -0.3 is 4.74 Å². The van der Waals surface area contributed by atoms with Gasteiger partial charge in [-0.3, -0.25) is 4.90 Å². The molecule has 0 radical (unpaired) electrons. The molecule has 1 heterocycles. The molecule has 21 heavy (non-hydrogen) atoms. The third-order valence-corrected chi connectivity index (χ3v) is 5.14. The van der Waals surface area contributed by atoms with Crippen molar-refractivity contribution in [2.75, 3.05) is 32.5 Å². The summed E-state index contributed by atoms with van der Waals surface area (Å²) in [4.78, 5) is 2.28. The Hall–Kier alpha value is -1.11. The molecule has 0 aromatic heterocycles. The van der Waals surface area contributed by atoms with Crippen molar-refractivity contribution in [1.29, 1.82) is 0 Å². The van der Waals surface area contributed by atoms with Crippen molar-refractivity contribution in [3.8, 4) is 5.75 Å². The van der Waals surface area contributed by atoms with Gasteiger partial charge in [-0.1, -0.05) is 18.2 Å². The van der Waals surface area contributed by atoms with Crippen LogP contribution in [0.15, 0.2) is 24.3 Å². The van der Waals surface area contributed by atoms with E-state index in [1.54, 1.807) is 4.31 Å². The average molecular weight is 312 g/mol. The fourth-order valence-corrected chi connectivity index (χ4v) is 3.96. The Bertz CT molecular complexity index is 574. The fraction of sp³-hybridized carbons (Fsp3) is 0.600. The van der Waals surface area contributed by atoms with E-state index in [1.165, 1.54) is 6.26 Å². The summed E-state index contributed by atoms with van der Waals surface area (Å²) < 4.78 is 30.6. The first-order chi connectivity index (χ1) is 9.91. The van der Waals surface area contributed by atoms with Crippen molar-refractivity contribution in [1.82, 2.24) is 9.21 Å². The van der Waals surface area contributed by atoms with Gasteiger partial charge in [0, 0.05) is 37.8 Å². The van der Waals surface area contributed by atoms with E-state index in [0.717, 1.165) is 30.9 Å². The lowest BCUT2D eigenvalue weighted by Crippen LogP contribution is -2.53. The summed E-state index contributed by atoms with van der Waals surface area (Å²) in [6.07, 6.45) is 1.28. The third-order valence-electron chi connectivity index (χ3n) is 3.74. The van der Waals surface area contributed by atoms with Gasteiger partial charge in [0.15, 0.2) is 0 Å². The largest absolute Gasteiger partial charge is 0.494 e. The highest BCUT2D eigenvalue weighted by molar-refractivity contribution is 7.88. The Labute approximate surface area is 127 Å². The van der Waals surface area contributed by atoms with E-state index in [4.69, 9.17) is 4.74 Å². The molecule has 1 aromatic carbocycles. The van der Waals surface area contributed by atoms with Crippen LogP contribution in [-0.2, 0) is 16.6 Å². The highest BCUT2D eigenvalue weighted by atomic mass is 32.2. The van der Waals surface area contributed by atoms with Crippen LogP contribution in [0.1, 0.15) is 19.4 Å². The summed E-state index contributed by atoms with van der Waals surface area (Å²) in [5, 5.41) is 0. The van der Waals surface area contributed by atoms with Crippen molar-refractivity contribution in [3.05, 3.63) is 29.8 Å². The van der Waals surface area contributed by atoms with E-state index < -0.39 is 10.0 Å². The zero-order valence-electron chi connectivity index (χ0n) is 12.9. The molecule has 0 bridgehead atoms. The van der Waals surface area contributed by atoms with Crippen LogP contribution in [0, 0.1) is 0 Å². The smallest absolute Gasteiger partial charge is 0.211 e. The van der Waals surface area contributed by atoms with Crippen LogP contribution >= 0.6 is 0 Å². The summed E-state index contributed by atoms with van der Waals surface area (Å²) >= 11 is 0. The lowest BCUT2D eigenvalue weighted by atomic mass is 10.1. The Balaban J connectivity index is 2.03. The first-order valence-corrected chi connectivity index (χ1v) is 9.16. The second-order valence-electron chi connectivity index (χ2n) is 5.50. The van der Waals surface area contributed by atoms with Gasteiger partial charge in [0.2, 0.25) is 10.0 Å². The fourth-order valence-electron chi connectivity index (χ4n) is 2.82. The number of hydrogen-bond acceptors (Lipinski definition) is 4. The monoisotopic (exact) mass is 312 g/mol. The van der Waals surface area contributed by atoms with Crippen molar-refractivity contribution in [3.63, 3.8) is 0 Å². The second kappa shape index (κ2) is 6.77. The normalized spacial score (nSPS) is 21.4. The van der Waals surface area contributed by atoms with Crippen LogP contribution in [-0.4, -0.2) is 56.2 Å². The number of nitrogens with zero attached hydrogens (tertiary/aromatic N) is 2. The molecule has 1 aliphatic rings. The minimum absolute atomic E-state index is 0.00741. The highest BCUT2D eigenvalue weighted by Crippen LogP contribution is 2.22. The number of benzene rings is 1. The topological polar surface area (TPSA) is 49.9 Å². The van der Waals surface area contributed by atoms with Gasteiger partial charge in [-0.25, -0.2) is 8.42 Å². The number of sulfonamides is 1. The zero-order valence-corrected chi connectivity index (χ0v) is 13.8. The average Bonchev–Trinajstić information content (AvgIpc) is 2.40. The van der Waals surface area contributed by atoms with Gasteiger partial charge in [-0.2, -0.15) is 4.31 Å². The molecule has 1 aromatic rings. The van der Waals surface area contributed by atoms with Crippen LogP contribution in [0.2, 0.25) is 0 Å². The molecular weight excluding hydrogens is 288 g/mol. The number of piperazine rings is 1. The molecule has 118 valence electrons. The summed E-state index contributed by atoms with van der Waals surface area (Å²) in [6.45, 7) is 7.42. The van der Waals surface area contributed by atoms with Gasteiger partial charge in [0.25, 0.3) is 0 Å². The van der Waals surface area contributed by atoms with E-state index in [0.29, 0.717) is 13.2 Å². The van der Waals surface area contributed by atoms with E-state index in [1.807, 2.05) is 32.0 Å². The molecule has 2 rings (SSSR count). The van der Waals surface area contributed by atoms with E-state index in [9.17, 15) is 8.42 Å². The Morgan fingerprint density at radius 1 is 1.29 bits per heavy atom. The van der Waals surface area contributed by atoms with Crippen LogP contribution < -0.4 is 4.74 Å². The maximum atomic E-state index is 11.7. The van der Waals surface area contributed by atoms with Crippen LogP contribution in [0.4, 0.5) is 0 Å². The molecule has 0 saturated carbocycles. The number of hydrogen-bond donors (Lipinski definition) is 0. The SMILES string of the molecule is CCOc1ccccc1CN1CCN(S(C)(=O)=O)[C@H](C)C1. The van der Waals surface area contributed by atoms with Gasteiger partial charge in [-0.15, -0.1) is 0 Å². The number of para-hydroxylation sites is 1. The van der Waals surface area contributed by atoms with E-state index in [2.05, 4.69) is 11.0 Å². The molecule has 0 aliphatic carbocycles. The molecule has 0 amide bonds. The molecule has 5 nitrogen and oxygen atoms in total. The minimum Gasteiger partial charge on any atom is -0.494 e. The lowest BCUT2D eigenvalue weighted by molar-refractivity contribution is 0.137. The number of ether oxygens (including phenoxy) is 1. The Morgan fingerprint density at radius 3 is 2.62 bits per heavy atom. The minimum atomic E-state index is -3.11. The van der Waals surface area contributed by atoms with Crippen LogP contribution in [0.25, 0.3) is 0 Å². The lowest BCUT2D eigenvalue weighted by Gasteiger charge is -2.38. The van der Waals surface area contributed by atoms with Crippen molar-refractivity contribution in [2.24, 2.45) is 0 Å². The molecule has 6 heteroatoms. The van der Waals surface area contributed by atoms with Crippen molar-refractivity contribution in [2.45, 2.75) is 26.4 Å². The molecule has 0 spiro atoms. The predicted octanol–water partition coefficient (Wildman–Crippen LogP) is 1.55. The Morgan fingerprint density at radius 2 is 2.00 bits per heavy atom. The molecule has 1 saturated heterocycles. The van der Waals surface area contributed by atoms with Crippen molar-refractivity contribution < 1.29 is 13.2 Å². The van der Waals surface area contributed by atoms with Gasteiger partial charge in [0.05, 0.1) is 12.9 Å². The van der Waals surface area contributed by atoms with Crippen LogP contribution in [0.5, 0.6) is 5.75 Å². The standard InChI is InChI=1S/C15H24N2O3S/c1-4-20-15-8-6-5-7-14(15)12-16-9-10-17(13(2)11-16)21(3,18)19/h5-8,13H,4,9-12H2,1-3H3/t13-/m1/s1.